The lowest BCUT2D eigenvalue weighted by Crippen LogP contribution is -2.38. The first kappa shape index (κ1) is 14.7. The van der Waals surface area contributed by atoms with Crippen LogP contribution < -0.4 is 20.1 Å². The highest BCUT2D eigenvalue weighted by Crippen LogP contribution is 2.40. The smallest absolute Gasteiger partial charge is 0.257 e. The zero-order valence-corrected chi connectivity index (χ0v) is 12.4. The van der Waals surface area contributed by atoms with Gasteiger partial charge in [-0.25, -0.2) is 0 Å². The molecule has 2 N–H and O–H groups in total. The number of carbonyl (C=O) groups is 1. The Labute approximate surface area is 119 Å². The lowest BCUT2D eigenvalue weighted by Gasteiger charge is -2.37. The molecule has 1 aliphatic rings. The molecule has 1 aromatic carbocycles. The van der Waals surface area contributed by atoms with Crippen molar-refractivity contribution in [2.75, 3.05) is 20.7 Å². The van der Waals surface area contributed by atoms with Crippen LogP contribution in [0.4, 0.5) is 0 Å². The molecule has 1 aromatic rings. The third kappa shape index (κ3) is 3.22. The fourth-order valence-electron chi connectivity index (χ4n) is 2.40. The fourth-order valence-corrected chi connectivity index (χ4v) is 2.40. The van der Waals surface area contributed by atoms with Crippen LogP contribution in [0, 0.1) is 0 Å². The minimum absolute atomic E-state index is 0.00807. The highest BCUT2D eigenvalue weighted by Gasteiger charge is 2.33. The Hall–Kier alpha value is -1.75. The monoisotopic (exact) mass is 278 g/mol. The Bertz CT molecular complexity index is 500. The highest BCUT2D eigenvalue weighted by atomic mass is 16.5. The lowest BCUT2D eigenvalue weighted by atomic mass is 9.90. The van der Waals surface area contributed by atoms with E-state index in [-0.39, 0.29) is 24.2 Å². The largest absolute Gasteiger partial charge is 0.487 e. The maximum Gasteiger partial charge on any atom is 0.257 e. The minimum Gasteiger partial charge on any atom is -0.487 e. The molecule has 0 spiro atoms. The quantitative estimate of drug-likeness (QED) is 0.879. The molecule has 5 heteroatoms. The molecule has 0 bridgehead atoms. The number of hydrogen-bond donors (Lipinski definition) is 2. The molecule has 1 aliphatic heterocycles. The highest BCUT2D eigenvalue weighted by molar-refractivity contribution is 5.77. The van der Waals surface area contributed by atoms with Gasteiger partial charge in [-0.3, -0.25) is 4.79 Å². The number of ether oxygens (including phenoxy) is 2. The number of rotatable bonds is 4. The van der Waals surface area contributed by atoms with Crippen molar-refractivity contribution in [3.05, 3.63) is 23.8 Å². The molecule has 0 fully saturated rings. The summed E-state index contributed by atoms with van der Waals surface area (Å²) in [7, 11) is 3.54. The maximum absolute atomic E-state index is 11.2. The number of benzene rings is 1. The van der Waals surface area contributed by atoms with E-state index in [0.717, 1.165) is 17.7 Å². The molecule has 0 saturated heterocycles. The van der Waals surface area contributed by atoms with Crippen LogP contribution >= 0.6 is 0 Å². The Morgan fingerprint density at radius 2 is 2.20 bits per heavy atom. The topological polar surface area (TPSA) is 59.6 Å². The van der Waals surface area contributed by atoms with E-state index in [1.54, 1.807) is 7.05 Å². The lowest BCUT2D eigenvalue weighted by molar-refractivity contribution is -0.122. The van der Waals surface area contributed by atoms with Crippen molar-refractivity contribution >= 4 is 5.91 Å². The van der Waals surface area contributed by atoms with Crippen LogP contribution in [0.5, 0.6) is 11.5 Å². The number of hydrogen-bond acceptors (Lipinski definition) is 4. The molecular weight excluding hydrogens is 256 g/mol. The van der Waals surface area contributed by atoms with Gasteiger partial charge in [-0.05, 0) is 27.0 Å². The van der Waals surface area contributed by atoms with Crippen molar-refractivity contribution in [2.45, 2.75) is 31.9 Å². The van der Waals surface area contributed by atoms with Crippen LogP contribution in [-0.4, -0.2) is 32.2 Å². The molecule has 0 aromatic heterocycles. The van der Waals surface area contributed by atoms with Crippen LogP contribution in [0.1, 0.15) is 31.9 Å². The molecule has 110 valence electrons. The summed E-state index contributed by atoms with van der Waals surface area (Å²) in [6.07, 6.45) is 0.912. The fraction of sp³-hybridized carbons (Fsp3) is 0.533. The first-order valence-electron chi connectivity index (χ1n) is 6.79. The van der Waals surface area contributed by atoms with Gasteiger partial charge in [0.1, 0.15) is 17.1 Å². The van der Waals surface area contributed by atoms with Gasteiger partial charge < -0.3 is 20.1 Å². The molecule has 2 rings (SSSR count). The van der Waals surface area contributed by atoms with Crippen LogP contribution in [-0.2, 0) is 4.79 Å². The van der Waals surface area contributed by atoms with Gasteiger partial charge in [-0.15, -0.1) is 0 Å². The maximum atomic E-state index is 11.2. The molecule has 1 atom stereocenters. The van der Waals surface area contributed by atoms with Crippen molar-refractivity contribution in [1.29, 1.82) is 0 Å². The first-order valence-corrected chi connectivity index (χ1v) is 6.79. The zero-order chi connectivity index (χ0) is 14.8. The third-order valence-electron chi connectivity index (χ3n) is 3.44. The molecular formula is C15H22N2O3. The Kier molecular flexibility index (Phi) is 4.18. The second-order valence-electron chi connectivity index (χ2n) is 5.57. The Morgan fingerprint density at radius 1 is 1.45 bits per heavy atom. The van der Waals surface area contributed by atoms with Crippen molar-refractivity contribution in [3.63, 3.8) is 0 Å². The van der Waals surface area contributed by atoms with Gasteiger partial charge in [0.2, 0.25) is 0 Å². The number of amides is 1. The van der Waals surface area contributed by atoms with E-state index in [1.165, 1.54) is 0 Å². The number of fused-ring (bicyclic) bond motifs is 1. The number of nitrogens with one attached hydrogen (secondary N) is 2. The molecule has 1 heterocycles. The van der Waals surface area contributed by atoms with Gasteiger partial charge in [0.05, 0.1) is 0 Å². The van der Waals surface area contributed by atoms with Crippen molar-refractivity contribution < 1.29 is 14.3 Å². The molecule has 0 saturated carbocycles. The summed E-state index contributed by atoms with van der Waals surface area (Å²) in [6.45, 7) is 4.14. The molecule has 20 heavy (non-hydrogen) atoms. The molecule has 1 unspecified atom stereocenters. The first-order chi connectivity index (χ1) is 9.45. The second kappa shape index (κ2) is 5.71. The summed E-state index contributed by atoms with van der Waals surface area (Å²) < 4.78 is 11.5. The van der Waals surface area contributed by atoms with E-state index in [0.29, 0.717) is 5.75 Å². The van der Waals surface area contributed by atoms with Gasteiger partial charge in [-0.1, -0.05) is 6.07 Å². The van der Waals surface area contributed by atoms with E-state index < -0.39 is 0 Å². The van der Waals surface area contributed by atoms with E-state index >= 15 is 0 Å². The average Bonchev–Trinajstić information content (AvgIpc) is 2.42. The third-order valence-corrected chi connectivity index (χ3v) is 3.44. The van der Waals surface area contributed by atoms with Gasteiger partial charge in [0.15, 0.2) is 6.61 Å². The van der Waals surface area contributed by atoms with Gasteiger partial charge in [0.25, 0.3) is 5.91 Å². The average molecular weight is 278 g/mol. The summed E-state index contributed by atoms with van der Waals surface area (Å²) in [4.78, 5) is 11.2. The predicted octanol–water partition coefficient (Wildman–Crippen LogP) is 1.63. The summed E-state index contributed by atoms with van der Waals surface area (Å²) in [5, 5.41) is 5.83. The van der Waals surface area contributed by atoms with Crippen LogP contribution in [0.3, 0.4) is 0 Å². The molecule has 1 amide bonds. The van der Waals surface area contributed by atoms with Crippen molar-refractivity contribution in [1.82, 2.24) is 10.6 Å². The number of likely N-dealkylation sites (N-methyl/N-ethyl adjacent to an activating group) is 1. The van der Waals surface area contributed by atoms with E-state index in [2.05, 4.69) is 24.5 Å². The van der Waals surface area contributed by atoms with Crippen molar-refractivity contribution in [2.24, 2.45) is 0 Å². The Balaban J connectivity index is 2.19. The summed E-state index contributed by atoms with van der Waals surface area (Å²) >= 11 is 0. The SMILES string of the molecule is CNC(=O)COc1ccc2c(c1)OC(C)(C)CC2NC. The normalized spacial score (nSPS) is 19.7. The summed E-state index contributed by atoms with van der Waals surface area (Å²) in [6, 6.07) is 5.98. The Morgan fingerprint density at radius 3 is 2.85 bits per heavy atom. The van der Waals surface area contributed by atoms with Crippen LogP contribution in [0.25, 0.3) is 0 Å². The zero-order valence-electron chi connectivity index (χ0n) is 12.4. The predicted molar refractivity (Wildman–Crippen MR) is 77.1 cm³/mol. The van der Waals surface area contributed by atoms with Crippen LogP contribution in [0.2, 0.25) is 0 Å². The molecule has 0 aliphatic carbocycles. The van der Waals surface area contributed by atoms with E-state index in [1.807, 2.05) is 25.2 Å². The second-order valence-corrected chi connectivity index (χ2v) is 5.57. The van der Waals surface area contributed by atoms with Gasteiger partial charge >= 0.3 is 0 Å². The van der Waals surface area contributed by atoms with Crippen molar-refractivity contribution in [3.8, 4) is 11.5 Å². The van der Waals surface area contributed by atoms with Gasteiger partial charge in [0, 0.05) is 31.1 Å². The molecule has 5 nitrogen and oxygen atoms in total. The summed E-state index contributed by atoms with van der Waals surface area (Å²) in [5.41, 5.74) is 0.902. The standard InChI is InChI=1S/C15H22N2O3/c1-15(2)8-12(16-3)11-6-5-10(7-13(11)20-15)19-9-14(18)17-4/h5-7,12,16H,8-9H2,1-4H3,(H,17,18). The minimum atomic E-state index is -0.222. The summed E-state index contributed by atoms with van der Waals surface area (Å²) in [5.74, 6) is 1.30. The van der Waals surface area contributed by atoms with E-state index in [4.69, 9.17) is 9.47 Å². The molecule has 0 radical (unpaired) electrons. The van der Waals surface area contributed by atoms with Gasteiger partial charge in [-0.2, -0.15) is 0 Å². The number of carbonyl (C=O) groups excluding carboxylic acids is 1. The van der Waals surface area contributed by atoms with E-state index in [9.17, 15) is 4.79 Å². The van der Waals surface area contributed by atoms with Crippen LogP contribution in [0.15, 0.2) is 18.2 Å².